The van der Waals surface area contributed by atoms with Crippen molar-refractivity contribution in [3.8, 4) is 0 Å². The molecule has 0 bridgehead atoms. The lowest BCUT2D eigenvalue weighted by Gasteiger charge is -2.34. The first-order valence-electron chi connectivity index (χ1n) is 7.82. The molecule has 0 aliphatic carbocycles. The van der Waals surface area contributed by atoms with Crippen molar-refractivity contribution in [1.82, 2.24) is 9.21 Å². The molecule has 5 nitrogen and oxygen atoms in total. The third-order valence-corrected chi connectivity index (χ3v) is 5.81. The maximum atomic E-state index is 12.4. The zero-order valence-corrected chi connectivity index (χ0v) is 13.9. The van der Waals surface area contributed by atoms with Crippen molar-refractivity contribution >= 4 is 15.9 Å². The van der Waals surface area contributed by atoms with Crippen molar-refractivity contribution in [2.75, 3.05) is 31.9 Å². The molecule has 0 N–H and O–H groups in total. The molecule has 1 amide bonds. The van der Waals surface area contributed by atoms with Crippen LogP contribution < -0.4 is 0 Å². The van der Waals surface area contributed by atoms with E-state index >= 15 is 0 Å². The highest BCUT2D eigenvalue weighted by Crippen LogP contribution is 2.11. The van der Waals surface area contributed by atoms with Crippen LogP contribution in [0.2, 0.25) is 0 Å². The molecule has 22 heavy (non-hydrogen) atoms. The van der Waals surface area contributed by atoms with Gasteiger partial charge >= 0.3 is 0 Å². The molecule has 0 saturated carbocycles. The summed E-state index contributed by atoms with van der Waals surface area (Å²) in [5, 5.41) is 0. The van der Waals surface area contributed by atoms with E-state index in [2.05, 4.69) is 0 Å². The van der Waals surface area contributed by atoms with E-state index in [-0.39, 0.29) is 11.7 Å². The number of aryl methyl sites for hydroxylation is 1. The Morgan fingerprint density at radius 1 is 1.09 bits per heavy atom. The highest BCUT2D eigenvalue weighted by molar-refractivity contribution is 7.89. The molecule has 0 atom stereocenters. The molecule has 2 rings (SSSR count). The van der Waals surface area contributed by atoms with Gasteiger partial charge in [-0.05, 0) is 18.4 Å². The van der Waals surface area contributed by atoms with Crippen LogP contribution in [0.5, 0.6) is 0 Å². The van der Waals surface area contributed by atoms with Gasteiger partial charge in [0.25, 0.3) is 0 Å². The largest absolute Gasteiger partial charge is 0.340 e. The van der Waals surface area contributed by atoms with E-state index in [9.17, 15) is 13.2 Å². The summed E-state index contributed by atoms with van der Waals surface area (Å²) < 4.78 is 26.3. The van der Waals surface area contributed by atoms with Crippen LogP contribution in [0.25, 0.3) is 0 Å². The lowest BCUT2D eigenvalue weighted by atomic mass is 10.2. The van der Waals surface area contributed by atoms with Crippen LogP contribution in [0.1, 0.15) is 25.3 Å². The van der Waals surface area contributed by atoms with Crippen molar-refractivity contribution in [3.05, 3.63) is 35.9 Å². The molecule has 122 valence electrons. The molecule has 1 aromatic rings. The predicted molar refractivity (Wildman–Crippen MR) is 87.0 cm³/mol. The van der Waals surface area contributed by atoms with E-state index in [1.165, 1.54) is 4.31 Å². The van der Waals surface area contributed by atoms with Gasteiger partial charge in [-0.25, -0.2) is 8.42 Å². The normalized spacial score (nSPS) is 16.7. The van der Waals surface area contributed by atoms with Gasteiger partial charge in [0.15, 0.2) is 0 Å². The maximum Gasteiger partial charge on any atom is 0.222 e. The lowest BCUT2D eigenvalue weighted by Crippen LogP contribution is -2.51. The Morgan fingerprint density at radius 3 is 2.32 bits per heavy atom. The molecular formula is C16H24N2O3S. The molecule has 1 aromatic carbocycles. The smallest absolute Gasteiger partial charge is 0.222 e. The third-order valence-electron chi connectivity index (χ3n) is 3.94. The highest BCUT2D eigenvalue weighted by Gasteiger charge is 2.28. The number of nitrogens with zero attached hydrogens (tertiary/aromatic N) is 2. The van der Waals surface area contributed by atoms with E-state index in [0.29, 0.717) is 39.0 Å². The summed E-state index contributed by atoms with van der Waals surface area (Å²) >= 11 is 0. The van der Waals surface area contributed by atoms with Gasteiger partial charge in [0.05, 0.1) is 5.75 Å². The van der Waals surface area contributed by atoms with Gasteiger partial charge in [-0.3, -0.25) is 4.79 Å². The Kier molecular flexibility index (Phi) is 5.97. The average molecular weight is 324 g/mol. The zero-order chi connectivity index (χ0) is 16.0. The van der Waals surface area contributed by atoms with Crippen LogP contribution >= 0.6 is 0 Å². The van der Waals surface area contributed by atoms with Gasteiger partial charge in [-0.15, -0.1) is 0 Å². The Balaban J connectivity index is 1.85. The highest BCUT2D eigenvalue weighted by atomic mass is 32.2. The summed E-state index contributed by atoms with van der Waals surface area (Å²) in [5.41, 5.74) is 1.03. The fraction of sp³-hybridized carbons (Fsp3) is 0.562. The molecule has 1 aliphatic rings. The number of hydrogen-bond acceptors (Lipinski definition) is 3. The Bertz CT molecular complexity index is 579. The Hall–Kier alpha value is -1.40. The van der Waals surface area contributed by atoms with E-state index in [4.69, 9.17) is 0 Å². The van der Waals surface area contributed by atoms with E-state index in [1.54, 1.807) is 4.90 Å². The molecule has 1 aliphatic heterocycles. The van der Waals surface area contributed by atoms with Crippen LogP contribution in [-0.2, 0) is 21.2 Å². The lowest BCUT2D eigenvalue weighted by molar-refractivity contribution is -0.132. The second-order valence-corrected chi connectivity index (χ2v) is 7.67. The summed E-state index contributed by atoms with van der Waals surface area (Å²) in [6.07, 6.45) is 1.90. The molecule has 0 radical (unpaired) electrons. The van der Waals surface area contributed by atoms with Gasteiger partial charge < -0.3 is 4.90 Å². The second kappa shape index (κ2) is 7.74. The van der Waals surface area contributed by atoms with Gasteiger partial charge in [0.1, 0.15) is 0 Å². The number of benzene rings is 1. The molecule has 0 spiro atoms. The number of hydrogen-bond donors (Lipinski definition) is 0. The van der Waals surface area contributed by atoms with Crippen molar-refractivity contribution in [2.45, 2.75) is 26.2 Å². The summed E-state index contributed by atoms with van der Waals surface area (Å²) in [7, 11) is -3.25. The summed E-state index contributed by atoms with van der Waals surface area (Å²) in [5.74, 6) is 0.253. The van der Waals surface area contributed by atoms with Crippen molar-refractivity contribution in [1.29, 1.82) is 0 Å². The second-order valence-electron chi connectivity index (χ2n) is 5.58. The monoisotopic (exact) mass is 324 g/mol. The minimum absolute atomic E-state index is 0.125. The first kappa shape index (κ1) is 17.0. The minimum atomic E-state index is -3.25. The standard InChI is InChI=1S/C16H24N2O3S/c1-2-6-16(19)17-10-12-18(13-11-17)22(20,21)14-9-15-7-4-3-5-8-15/h3-5,7-8H,2,6,9-14H2,1H3. The van der Waals surface area contributed by atoms with Crippen molar-refractivity contribution in [3.63, 3.8) is 0 Å². The zero-order valence-electron chi connectivity index (χ0n) is 13.1. The topological polar surface area (TPSA) is 57.7 Å². The fourth-order valence-corrected chi connectivity index (χ4v) is 4.08. The molecular weight excluding hydrogens is 300 g/mol. The van der Waals surface area contributed by atoms with Gasteiger partial charge in [0.2, 0.25) is 15.9 Å². The first-order valence-corrected chi connectivity index (χ1v) is 9.43. The molecule has 1 saturated heterocycles. The quantitative estimate of drug-likeness (QED) is 0.797. The van der Waals surface area contributed by atoms with Crippen LogP contribution in [0.4, 0.5) is 0 Å². The number of sulfonamides is 1. The predicted octanol–water partition coefficient (Wildman–Crippen LogP) is 1.50. The van der Waals surface area contributed by atoms with E-state index in [1.807, 2.05) is 37.3 Å². The van der Waals surface area contributed by atoms with Crippen LogP contribution in [0.3, 0.4) is 0 Å². The molecule has 1 heterocycles. The van der Waals surface area contributed by atoms with Crippen LogP contribution in [0, 0.1) is 0 Å². The molecule has 0 unspecified atom stereocenters. The molecule has 6 heteroatoms. The minimum Gasteiger partial charge on any atom is -0.340 e. The first-order chi connectivity index (χ1) is 10.5. The van der Waals surface area contributed by atoms with Crippen molar-refractivity contribution < 1.29 is 13.2 Å². The SMILES string of the molecule is CCCC(=O)N1CCN(S(=O)(=O)CCc2ccccc2)CC1. The fourth-order valence-electron chi connectivity index (χ4n) is 2.61. The number of carbonyl (C=O) groups excluding carboxylic acids is 1. The number of piperazine rings is 1. The summed E-state index contributed by atoms with van der Waals surface area (Å²) in [6.45, 7) is 3.80. The average Bonchev–Trinajstić information content (AvgIpc) is 2.54. The number of rotatable bonds is 6. The third kappa shape index (κ3) is 4.55. The summed E-state index contributed by atoms with van der Waals surface area (Å²) in [4.78, 5) is 13.6. The number of amides is 1. The van der Waals surface area contributed by atoms with Crippen molar-refractivity contribution in [2.24, 2.45) is 0 Å². The Morgan fingerprint density at radius 2 is 1.73 bits per heavy atom. The Labute approximate surface area is 133 Å². The van der Waals surface area contributed by atoms with Crippen LogP contribution in [0.15, 0.2) is 30.3 Å². The van der Waals surface area contributed by atoms with E-state index < -0.39 is 10.0 Å². The van der Waals surface area contributed by atoms with E-state index in [0.717, 1.165) is 12.0 Å². The van der Waals surface area contributed by atoms with Crippen LogP contribution in [-0.4, -0.2) is 55.5 Å². The molecule has 0 aromatic heterocycles. The van der Waals surface area contributed by atoms with Gasteiger partial charge in [-0.1, -0.05) is 37.3 Å². The summed E-state index contributed by atoms with van der Waals surface area (Å²) in [6, 6.07) is 9.64. The maximum absolute atomic E-state index is 12.4. The van der Waals surface area contributed by atoms with Gasteiger partial charge in [0, 0.05) is 32.6 Å². The molecule has 1 fully saturated rings. The van der Waals surface area contributed by atoms with Gasteiger partial charge in [-0.2, -0.15) is 4.31 Å². The number of carbonyl (C=O) groups is 1.